The number of rotatable bonds is 8. The highest BCUT2D eigenvalue weighted by atomic mass is 32.2. The molecule has 182 valence electrons. The van der Waals surface area contributed by atoms with Crippen LogP contribution < -0.4 is 16.2 Å². The Labute approximate surface area is 212 Å². The number of hydrogen-bond acceptors (Lipinski definition) is 5. The lowest BCUT2D eigenvalue weighted by Crippen LogP contribution is -2.28. The van der Waals surface area contributed by atoms with Crippen LogP contribution in [-0.2, 0) is 4.79 Å². The molecule has 5 rings (SSSR count). The molecule has 2 N–H and O–H groups in total. The van der Waals surface area contributed by atoms with Crippen LogP contribution in [0.2, 0.25) is 0 Å². The normalized spacial score (nSPS) is 13.8. The molecule has 1 heterocycles. The number of carbonyl (C=O) groups excluding carboxylic acids is 2. The third-order valence-corrected chi connectivity index (χ3v) is 7.09. The van der Waals surface area contributed by atoms with E-state index in [1.54, 1.807) is 41.0 Å². The zero-order chi connectivity index (χ0) is 25.1. The molecule has 1 fully saturated rings. The molecule has 0 unspecified atom stereocenters. The fraction of sp³-hybridized carbons (Fsp3) is 0.214. The number of anilines is 1. The van der Waals surface area contributed by atoms with Crippen molar-refractivity contribution in [3.63, 3.8) is 0 Å². The Bertz CT molecular complexity index is 1480. The van der Waals surface area contributed by atoms with E-state index in [2.05, 4.69) is 10.6 Å². The molecular formula is C28H26N4O3S. The molecule has 1 saturated carbocycles. The van der Waals surface area contributed by atoms with Crippen molar-refractivity contribution in [3.05, 3.63) is 100 Å². The molecule has 3 aromatic carbocycles. The Balaban J connectivity index is 1.39. The number of carbonyl (C=O) groups is 2. The summed E-state index contributed by atoms with van der Waals surface area (Å²) in [6, 6.07) is 23.9. The van der Waals surface area contributed by atoms with Gasteiger partial charge in [0.05, 0.1) is 33.9 Å². The van der Waals surface area contributed by atoms with E-state index in [4.69, 9.17) is 4.98 Å². The number of nitrogens with one attached hydrogen (secondary N) is 2. The van der Waals surface area contributed by atoms with E-state index >= 15 is 0 Å². The second kappa shape index (κ2) is 10.4. The van der Waals surface area contributed by atoms with Gasteiger partial charge in [0.1, 0.15) is 0 Å². The molecule has 2 amide bonds. The van der Waals surface area contributed by atoms with Crippen LogP contribution in [0.4, 0.5) is 5.69 Å². The number of para-hydroxylation sites is 2. The van der Waals surface area contributed by atoms with Crippen molar-refractivity contribution in [2.45, 2.75) is 37.0 Å². The summed E-state index contributed by atoms with van der Waals surface area (Å²) in [6.45, 7) is 1.95. The highest BCUT2D eigenvalue weighted by Gasteiger charge is 2.25. The second-order valence-corrected chi connectivity index (χ2v) is 9.75. The first-order valence-electron chi connectivity index (χ1n) is 11.9. The maximum atomic E-state index is 13.5. The minimum Gasteiger partial charge on any atom is -0.349 e. The van der Waals surface area contributed by atoms with Crippen LogP contribution in [0.15, 0.2) is 88.8 Å². The van der Waals surface area contributed by atoms with Gasteiger partial charge in [-0.25, -0.2) is 4.98 Å². The molecule has 7 nitrogen and oxygen atoms in total. The lowest BCUT2D eigenvalue weighted by molar-refractivity contribution is -0.113. The first kappa shape index (κ1) is 23.8. The van der Waals surface area contributed by atoms with Crippen molar-refractivity contribution in [3.8, 4) is 0 Å². The molecule has 0 radical (unpaired) electrons. The average Bonchev–Trinajstić information content (AvgIpc) is 3.72. The van der Waals surface area contributed by atoms with Crippen LogP contribution in [0.25, 0.3) is 10.9 Å². The predicted octanol–water partition coefficient (Wildman–Crippen LogP) is 4.63. The molecule has 1 atom stereocenters. The van der Waals surface area contributed by atoms with E-state index in [1.807, 2.05) is 49.4 Å². The molecule has 0 bridgehead atoms. The van der Waals surface area contributed by atoms with Gasteiger partial charge in [0, 0.05) is 6.04 Å². The first-order valence-corrected chi connectivity index (χ1v) is 12.9. The minimum absolute atomic E-state index is 0.0326. The Hall–Kier alpha value is -3.91. The van der Waals surface area contributed by atoms with Crippen LogP contribution in [0.5, 0.6) is 0 Å². The van der Waals surface area contributed by atoms with Crippen molar-refractivity contribution < 1.29 is 9.59 Å². The molecular weight excluding hydrogens is 472 g/mol. The summed E-state index contributed by atoms with van der Waals surface area (Å²) in [4.78, 5) is 43.7. The number of amides is 2. The van der Waals surface area contributed by atoms with E-state index in [9.17, 15) is 14.4 Å². The molecule has 0 spiro atoms. The molecule has 4 aromatic rings. The lowest BCUT2D eigenvalue weighted by Gasteiger charge is -2.20. The van der Waals surface area contributed by atoms with Gasteiger partial charge in [-0.05, 0) is 49.6 Å². The van der Waals surface area contributed by atoms with E-state index < -0.39 is 0 Å². The molecule has 1 aliphatic carbocycles. The van der Waals surface area contributed by atoms with Gasteiger partial charge >= 0.3 is 0 Å². The van der Waals surface area contributed by atoms with Crippen LogP contribution in [-0.4, -0.2) is 33.2 Å². The molecule has 36 heavy (non-hydrogen) atoms. The summed E-state index contributed by atoms with van der Waals surface area (Å²) in [7, 11) is 0. The number of fused-ring (bicyclic) bond motifs is 1. The van der Waals surface area contributed by atoms with Gasteiger partial charge in [0.15, 0.2) is 5.16 Å². The Kier molecular flexibility index (Phi) is 6.86. The van der Waals surface area contributed by atoms with Gasteiger partial charge in [0.2, 0.25) is 5.91 Å². The van der Waals surface area contributed by atoms with Gasteiger partial charge in [-0.2, -0.15) is 0 Å². The lowest BCUT2D eigenvalue weighted by atomic mass is 10.1. The average molecular weight is 499 g/mol. The number of thioether (sulfide) groups is 1. The second-order valence-electron chi connectivity index (χ2n) is 8.80. The highest BCUT2D eigenvalue weighted by Crippen LogP contribution is 2.26. The van der Waals surface area contributed by atoms with Gasteiger partial charge in [-0.15, -0.1) is 0 Å². The summed E-state index contributed by atoms with van der Waals surface area (Å²) in [5, 5.41) is 6.80. The van der Waals surface area contributed by atoms with E-state index in [1.165, 1.54) is 11.8 Å². The van der Waals surface area contributed by atoms with Gasteiger partial charge in [-0.3, -0.25) is 19.0 Å². The van der Waals surface area contributed by atoms with E-state index in [0.29, 0.717) is 27.3 Å². The largest absolute Gasteiger partial charge is 0.349 e. The van der Waals surface area contributed by atoms with Crippen LogP contribution in [0.3, 0.4) is 0 Å². The van der Waals surface area contributed by atoms with Crippen molar-refractivity contribution in [2.24, 2.45) is 0 Å². The maximum absolute atomic E-state index is 13.5. The topological polar surface area (TPSA) is 93.1 Å². The van der Waals surface area contributed by atoms with Gasteiger partial charge in [-0.1, -0.05) is 66.4 Å². The van der Waals surface area contributed by atoms with Crippen molar-refractivity contribution in [2.75, 3.05) is 11.1 Å². The predicted molar refractivity (Wildman–Crippen MR) is 143 cm³/mol. The Morgan fingerprint density at radius 3 is 2.47 bits per heavy atom. The summed E-state index contributed by atoms with van der Waals surface area (Å²) in [5.41, 5.74) is 2.30. The van der Waals surface area contributed by atoms with Gasteiger partial charge < -0.3 is 10.6 Å². The zero-order valence-corrected chi connectivity index (χ0v) is 20.6. The third kappa shape index (κ3) is 5.18. The summed E-state index contributed by atoms with van der Waals surface area (Å²) >= 11 is 1.20. The molecule has 1 aromatic heterocycles. The number of hydrogen-bond donors (Lipinski definition) is 2. The van der Waals surface area contributed by atoms with Gasteiger partial charge in [0.25, 0.3) is 11.5 Å². The maximum Gasteiger partial charge on any atom is 0.262 e. The van der Waals surface area contributed by atoms with Crippen molar-refractivity contribution in [1.29, 1.82) is 0 Å². The summed E-state index contributed by atoms with van der Waals surface area (Å²) in [6.07, 6.45) is 1.97. The van der Waals surface area contributed by atoms with Crippen LogP contribution in [0.1, 0.15) is 41.7 Å². The van der Waals surface area contributed by atoms with Crippen molar-refractivity contribution in [1.82, 2.24) is 14.9 Å². The van der Waals surface area contributed by atoms with E-state index in [0.717, 1.165) is 18.4 Å². The molecule has 1 aliphatic rings. The Morgan fingerprint density at radius 1 is 1.00 bits per heavy atom. The monoisotopic (exact) mass is 498 g/mol. The number of nitrogens with zero attached hydrogens (tertiary/aromatic N) is 2. The van der Waals surface area contributed by atoms with Crippen molar-refractivity contribution >= 4 is 40.2 Å². The summed E-state index contributed by atoms with van der Waals surface area (Å²) in [5.74, 6) is -0.444. The summed E-state index contributed by atoms with van der Waals surface area (Å²) < 4.78 is 1.65. The standard InChI is InChI=1S/C28H26N4O3S/c1-18(19-9-3-2-4-10-19)32-27(35)22-12-6-8-14-24(22)31-28(32)36-17-25(33)30-23-13-7-5-11-21(23)26(34)29-20-15-16-20/h2-14,18,20H,15-17H2,1H3,(H,29,34)(H,30,33)/t18-/m1/s1. The smallest absolute Gasteiger partial charge is 0.262 e. The quantitative estimate of drug-likeness (QED) is 0.273. The Morgan fingerprint density at radius 2 is 1.69 bits per heavy atom. The minimum atomic E-state index is -0.284. The molecule has 8 heteroatoms. The fourth-order valence-electron chi connectivity index (χ4n) is 4.05. The first-order chi connectivity index (χ1) is 17.5. The SMILES string of the molecule is C[C@H](c1ccccc1)n1c(SCC(=O)Nc2ccccc2C(=O)NC2CC2)nc2ccccc2c1=O. The molecule has 0 saturated heterocycles. The third-order valence-electron chi connectivity index (χ3n) is 6.14. The fourth-order valence-corrected chi connectivity index (χ4v) is 4.92. The number of aromatic nitrogens is 2. The van der Waals surface area contributed by atoms with Crippen LogP contribution in [0, 0.1) is 0 Å². The van der Waals surface area contributed by atoms with E-state index in [-0.39, 0.29) is 35.2 Å². The molecule has 0 aliphatic heterocycles. The van der Waals surface area contributed by atoms with Crippen LogP contribution >= 0.6 is 11.8 Å². The zero-order valence-electron chi connectivity index (χ0n) is 19.8. The highest BCUT2D eigenvalue weighted by molar-refractivity contribution is 7.99. The number of benzene rings is 3.